The molecule has 0 aliphatic rings. The molecular weight excluding hydrogens is 133 g/mol. The third-order valence-corrected chi connectivity index (χ3v) is 1.26. The van der Waals surface area contributed by atoms with Gasteiger partial charge in [-0.2, -0.15) is 4.39 Å². The normalized spacial score (nSPS) is 10.3. The minimum Gasteiger partial charge on any atom is -0.219 e. The second kappa shape index (κ2) is 2.77. The molecule has 1 aromatic rings. The van der Waals surface area contributed by atoms with Crippen LogP contribution in [0.3, 0.4) is 0 Å². The third-order valence-electron chi connectivity index (χ3n) is 1.26. The van der Waals surface area contributed by atoms with Crippen LogP contribution in [0.1, 0.15) is 19.0 Å². The van der Waals surface area contributed by atoms with Gasteiger partial charge in [0.2, 0.25) is 5.95 Å². The lowest BCUT2D eigenvalue weighted by molar-refractivity contribution is 0.446. The molecule has 4 heteroatoms. The standard InChI is InChI=1S/C6H10FN3/c1-3-4-10-6(7)5(2)8-9-10/h3-4H2,1-2H3. The van der Waals surface area contributed by atoms with Gasteiger partial charge in [0, 0.05) is 6.54 Å². The van der Waals surface area contributed by atoms with Crippen LogP contribution in [0.5, 0.6) is 0 Å². The van der Waals surface area contributed by atoms with Gasteiger partial charge in [0.15, 0.2) is 0 Å². The summed E-state index contributed by atoms with van der Waals surface area (Å²) in [6, 6.07) is 0. The zero-order chi connectivity index (χ0) is 7.56. The maximum absolute atomic E-state index is 12.8. The fourth-order valence-electron chi connectivity index (χ4n) is 0.743. The van der Waals surface area contributed by atoms with E-state index in [0.29, 0.717) is 12.2 Å². The van der Waals surface area contributed by atoms with Gasteiger partial charge in [-0.3, -0.25) is 0 Å². The number of halogens is 1. The van der Waals surface area contributed by atoms with Crippen LogP contribution in [0.2, 0.25) is 0 Å². The molecule has 0 saturated carbocycles. The van der Waals surface area contributed by atoms with Crippen LogP contribution < -0.4 is 0 Å². The number of aryl methyl sites for hydroxylation is 2. The summed E-state index contributed by atoms with van der Waals surface area (Å²) in [7, 11) is 0. The summed E-state index contributed by atoms with van der Waals surface area (Å²) >= 11 is 0. The maximum Gasteiger partial charge on any atom is 0.234 e. The minimum absolute atomic E-state index is 0.318. The van der Waals surface area contributed by atoms with Crippen LogP contribution in [-0.4, -0.2) is 15.0 Å². The third kappa shape index (κ3) is 1.15. The van der Waals surface area contributed by atoms with Gasteiger partial charge in [-0.15, -0.1) is 5.10 Å². The van der Waals surface area contributed by atoms with Crippen LogP contribution in [0.4, 0.5) is 4.39 Å². The van der Waals surface area contributed by atoms with Gasteiger partial charge in [0.05, 0.1) is 0 Å². The first kappa shape index (κ1) is 7.18. The van der Waals surface area contributed by atoms with E-state index in [9.17, 15) is 4.39 Å². The van der Waals surface area contributed by atoms with Crippen molar-refractivity contribution in [1.29, 1.82) is 0 Å². The molecule has 56 valence electrons. The molecule has 0 aliphatic carbocycles. The van der Waals surface area contributed by atoms with Gasteiger partial charge in [0.25, 0.3) is 0 Å². The molecular formula is C6H10FN3. The molecule has 0 radical (unpaired) electrons. The highest BCUT2D eigenvalue weighted by atomic mass is 19.1. The lowest BCUT2D eigenvalue weighted by Crippen LogP contribution is -2.02. The Morgan fingerprint density at radius 1 is 1.60 bits per heavy atom. The van der Waals surface area contributed by atoms with Crippen molar-refractivity contribution in [3.05, 3.63) is 11.6 Å². The fourth-order valence-corrected chi connectivity index (χ4v) is 0.743. The van der Waals surface area contributed by atoms with Gasteiger partial charge in [-0.05, 0) is 13.3 Å². The van der Waals surface area contributed by atoms with E-state index in [4.69, 9.17) is 0 Å². The van der Waals surface area contributed by atoms with Gasteiger partial charge in [0.1, 0.15) is 5.69 Å². The van der Waals surface area contributed by atoms with Crippen molar-refractivity contribution in [3.63, 3.8) is 0 Å². The predicted molar refractivity (Wildman–Crippen MR) is 35.0 cm³/mol. The van der Waals surface area contributed by atoms with Crippen LogP contribution in [0, 0.1) is 12.9 Å². The average molecular weight is 143 g/mol. The number of hydrogen-bond acceptors (Lipinski definition) is 2. The Morgan fingerprint density at radius 2 is 2.30 bits per heavy atom. The Bertz CT molecular complexity index is 219. The molecule has 0 N–H and O–H groups in total. The molecule has 0 amide bonds. The lowest BCUT2D eigenvalue weighted by Gasteiger charge is -1.94. The molecule has 0 unspecified atom stereocenters. The van der Waals surface area contributed by atoms with Gasteiger partial charge in [-0.1, -0.05) is 12.1 Å². The maximum atomic E-state index is 12.8. The van der Waals surface area contributed by atoms with Crippen molar-refractivity contribution in [2.75, 3.05) is 0 Å². The Hall–Kier alpha value is -0.930. The van der Waals surface area contributed by atoms with E-state index in [1.165, 1.54) is 4.68 Å². The van der Waals surface area contributed by atoms with E-state index >= 15 is 0 Å². The topological polar surface area (TPSA) is 30.7 Å². The summed E-state index contributed by atoms with van der Waals surface area (Å²) in [5.74, 6) is -0.318. The zero-order valence-electron chi connectivity index (χ0n) is 6.13. The molecule has 3 nitrogen and oxygen atoms in total. The lowest BCUT2D eigenvalue weighted by atomic mass is 10.5. The molecule has 1 rings (SSSR count). The average Bonchev–Trinajstić information content (AvgIpc) is 2.20. The van der Waals surface area contributed by atoms with Crippen molar-refractivity contribution < 1.29 is 4.39 Å². The monoisotopic (exact) mass is 143 g/mol. The first-order valence-corrected chi connectivity index (χ1v) is 3.31. The van der Waals surface area contributed by atoms with Crippen molar-refractivity contribution >= 4 is 0 Å². The SMILES string of the molecule is CCCn1nnc(C)c1F. The molecule has 0 fully saturated rings. The Labute approximate surface area is 58.9 Å². The van der Waals surface area contributed by atoms with E-state index in [0.717, 1.165) is 6.42 Å². The summed E-state index contributed by atoms with van der Waals surface area (Å²) in [6.45, 7) is 4.18. The second-order valence-corrected chi connectivity index (χ2v) is 2.19. The molecule has 1 heterocycles. The van der Waals surface area contributed by atoms with E-state index in [2.05, 4.69) is 10.3 Å². The number of aromatic nitrogens is 3. The first-order chi connectivity index (χ1) is 4.75. The zero-order valence-corrected chi connectivity index (χ0v) is 6.13. The van der Waals surface area contributed by atoms with Gasteiger partial charge >= 0.3 is 0 Å². The molecule has 0 saturated heterocycles. The van der Waals surface area contributed by atoms with E-state index in [1.807, 2.05) is 6.92 Å². The van der Waals surface area contributed by atoms with Crippen LogP contribution in [-0.2, 0) is 6.54 Å². The largest absolute Gasteiger partial charge is 0.234 e. The summed E-state index contributed by atoms with van der Waals surface area (Å²) in [4.78, 5) is 0. The predicted octanol–water partition coefficient (Wildman–Crippen LogP) is 1.14. The van der Waals surface area contributed by atoms with Crippen molar-refractivity contribution in [2.45, 2.75) is 26.8 Å². The summed E-state index contributed by atoms with van der Waals surface area (Å²) in [6.07, 6.45) is 0.875. The highest BCUT2D eigenvalue weighted by Crippen LogP contribution is 2.00. The van der Waals surface area contributed by atoms with E-state index in [-0.39, 0.29) is 5.95 Å². The van der Waals surface area contributed by atoms with Crippen LogP contribution in [0.25, 0.3) is 0 Å². The smallest absolute Gasteiger partial charge is 0.219 e. The summed E-state index contributed by atoms with van der Waals surface area (Å²) in [5, 5.41) is 7.17. The molecule has 0 aliphatic heterocycles. The number of hydrogen-bond donors (Lipinski definition) is 0. The molecule has 0 bridgehead atoms. The molecule has 1 aromatic heterocycles. The highest BCUT2D eigenvalue weighted by Gasteiger charge is 2.05. The molecule has 0 atom stereocenters. The Morgan fingerprint density at radius 3 is 2.70 bits per heavy atom. The highest BCUT2D eigenvalue weighted by molar-refractivity contribution is 4.90. The molecule has 0 aromatic carbocycles. The van der Waals surface area contributed by atoms with Crippen molar-refractivity contribution in [2.24, 2.45) is 0 Å². The van der Waals surface area contributed by atoms with Gasteiger partial charge in [-0.25, -0.2) is 4.68 Å². The second-order valence-electron chi connectivity index (χ2n) is 2.19. The fraction of sp³-hybridized carbons (Fsp3) is 0.667. The number of rotatable bonds is 2. The van der Waals surface area contributed by atoms with Crippen molar-refractivity contribution in [3.8, 4) is 0 Å². The number of nitrogens with zero attached hydrogens (tertiary/aromatic N) is 3. The Balaban J connectivity index is 2.83. The summed E-state index contributed by atoms with van der Waals surface area (Å²) in [5.41, 5.74) is 0.369. The van der Waals surface area contributed by atoms with Crippen LogP contribution in [0.15, 0.2) is 0 Å². The quantitative estimate of drug-likeness (QED) is 0.621. The van der Waals surface area contributed by atoms with E-state index < -0.39 is 0 Å². The summed E-state index contributed by atoms with van der Waals surface area (Å²) < 4.78 is 14.1. The van der Waals surface area contributed by atoms with Crippen LogP contribution >= 0.6 is 0 Å². The minimum atomic E-state index is -0.318. The van der Waals surface area contributed by atoms with E-state index in [1.54, 1.807) is 6.92 Å². The molecule has 0 spiro atoms. The van der Waals surface area contributed by atoms with Crippen molar-refractivity contribution in [1.82, 2.24) is 15.0 Å². The molecule has 10 heavy (non-hydrogen) atoms. The Kier molecular flexibility index (Phi) is 1.99. The van der Waals surface area contributed by atoms with Gasteiger partial charge < -0.3 is 0 Å². The first-order valence-electron chi connectivity index (χ1n) is 3.31.